The van der Waals surface area contributed by atoms with Crippen LogP contribution in [0.15, 0.2) is 53.4 Å². The van der Waals surface area contributed by atoms with E-state index in [1.807, 2.05) is 18.2 Å². The molecule has 156 valence electrons. The van der Waals surface area contributed by atoms with E-state index in [1.54, 1.807) is 30.0 Å². The van der Waals surface area contributed by atoms with E-state index >= 15 is 0 Å². The van der Waals surface area contributed by atoms with Gasteiger partial charge >= 0.3 is 0 Å². The van der Waals surface area contributed by atoms with Crippen LogP contribution in [-0.2, 0) is 17.9 Å². The highest BCUT2D eigenvalue weighted by molar-refractivity contribution is 8.00. The topological polar surface area (TPSA) is 53.9 Å². The summed E-state index contributed by atoms with van der Waals surface area (Å²) in [5.41, 5.74) is 2.99. The standard InChI is InChI=1S/C23H31N3O2S/c1-5-26(6-2)16-19-13-11-18(12-14-19)15-24-23(28)20-9-7-8-10-21(20)29-17-22(27)25(3)4/h7-14H,5-6,15-17H2,1-4H3,(H,24,28)/p+1. The number of rotatable bonds is 10. The van der Waals surface area contributed by atoms with E-state index in [-0.39, 0.29) is 11.8 Å². The summed E-state index contributed by atoms with van der Waals surface area (Å²) in [6.07, 6.45) is 0. The molecular weight excluding hydrogens is 382 g/mol. The summed E-state index contributed by atoms with van der Waals surface area (Å²) in [5.74, 6) is 0.215. The molecular formula is C23H32N3O2S+. The minimum atomic E-state index is -0.123. The summed E-state index contributed by atoms with van der Waals surface area (Å²) in [4.78, 5) is 28.5. The van der Waals surface area contributed by atoms with Gasteiger partial charge in [0, 0.05) is 31.1 Å². The van der Waals surface area contributed by atoms with Crippen molar-refractivity contribution in [2.75, 3.05) is 32.9 Å². The van der Waals surface area contributed by atoms with Crippen LogP contribution in [0, 0.1) is 0 Å². The second kappa shape index (κ2) is 11.6. The van der Waals surface area contributed by atoms with Gasteiger partial charge in [-0.05, 0) is 31.5 Å². The normalized spacial score (nSPS) is 10.8. The molecule has 5 nitrogen and oxygen atoms in total. The zero-order chi connectivity index (χ0) is 21.2. The maximum Gasteiger partial charge on any atom is 0.252 e. The number of carbonyl (C=O) groups is 2. The van der Waals surface area contributed by atoms with E-state index in [0.29, 0.717) is 17.9 Å². The molecule has 0 aromatic heterocycles. The Kier molecular flexibility index (Phi) is 9.22. The molecule has 0 aliphatic rings. The smallest absolute Gasteiger partial charge is 0.252 e. The quantitative estimate of drug-likeness (QED) is 0.586. The van der Waals surface area contributed by atoms with Gasteiger partial charge in [-0.1, -0.05) is 36.4 Å². The van der Waals surface area contributed by atoms with Crippen molar-refractivity contribution in [1.29, 1.82) is 0 Å². The van der Waals surface area contributed by atoms with Crippen LogP contribution in [0.3, 0.4) is 0 Å². The molecule has 2 aromatic rings. The lowest BCUT2D eigenvalue weighted by Gasteiger charge is -2.15. The van der Waals surface area contributed by atoms with Crippen LogP contribution < -0.4 is 10.2 Å². The number of quaternary nitrogens is 1. The Morgan fingerprint density at radius 2 is 1.59 bits per heavy atom. The van der Waals surface area contributed by atoms with Gasteiger partial charge < -0.3 is 15.1 Å². The molecule has 0 atom stereocenters. The Morgan fingerprint density at radius 3 is 2.21 bits per heavy atom. The molecule has 2 aromatic carbocycles. The summed E-state index contributed by atoms with van der Waals surface area (Å²) < 4.78 is 0. The Morgan fingerprint density at radius 1 is 0.966 bits per heavy atom. The van der Waals surface area contributed by atoms with E-state index in [9.17, 15) is 9.59 Å². The van der Waals surface area contributed by atoms with Gasteiger partial charge in [0.1, 0.15) is 6.54 Å². The van der Waals surface area contributed by atoms with E-state index in [4.69, 9.17) is 0 Å². The minimum absolute atomic E-state index is 0.0249. The van der Waals surface area contributed by atoms with Crippen LogP contribution in [-0.4, -0.2) is 49.7 Å². The van der Waals surface area contributed by atoms with Crippen LogP contribution >= 0.6 is 11.8 Å². The molecule has 0 fully saturated rings. The first-order valence-corrected chi connectivity index (χ1v) is 11.0. The molecule has 29 heavy (non-hydrogen) atoms. The van der Waals surface area contributed by atoms with Gasteiger partial charge in [0.15, 0.2) is 0 Å². The third-order valence-electron chi connectivity index (χ3n) is 4.91. The third-order valence-corrected chi connectivity index (χ3v) is 5.97. The average Bonchev–Trinajstić information content (AvgIpc) is 2.75. The number of nitrogens with one attached hydrogen (secondary N) is 2. The first-order valence-electron chi connectivity index (χ1n) is 10.1. The minimum Gasteiger partial charge on any atom is -0.348 e. The van der Waals surface area contributed by atoms with Gasteiger partial charge in [-0.3, -0.25) is 9.59 Å². The molecule has 0 saturated heterocycles. The fourth-order valence-corrected chi connectivity index (χ4v) is 3.92. The molecule has 0 aliphatic heterocycles. The lowest BCUT2D eigenvalue weighted by molar-refractivity contribution is -0.910. The first-order chi connectivity index (χ1) is 13.9. The van der Waals surface area contributed by atoms with Crippen LogP contribution in [0.2, 0.25) is 0 Å². The maximum absolute atomic E-state index is 12.7. The van der Waals surface area contributed by atoms with Crippen molar-refractivity contribution in [2.45, 2.75) is 31.8 Å². The number of benzene rings is 2. The van der Waals surface area contributed by atoms with E-state index in [0.717, 1.165) is 30.1 Å². The number of carbonyl (C=O) groups excluding carboxylic acids is 2. The SMILES string of the molecule is CC[NH+](CC)Cc1ccc(CNC(=O)c2ccccc2SCC(=O)N(C)C)cc1. The average molecular weight is 415 g/mol. The van der Waals surface area contributed by atoms with Crippen molar-refractivity contribution in [3.8, 4) is 0 Å². The molecule has 0 heterocycles. The van der Waals surface area contributed by atoms with Crippen LogP contribution in [0.5, 0.6) is 0 Å². The van der Waals surface area contributed by atoms with Crippen molar-refractivity contribution in [3.05, 3.63) is 65.2 Å². The van der Waals surface area contributed by atoms with E-state index < -0.39 is 0 Å². The van der Waals surface area contributed by atoms with Gasteiger partial charge in [0.2, 0.25) is 5.91 Å². The number of thioether (sulfide) groups is 1. The van der Waals surface area contributed by atoms with Crippen molar-refractivity contribution in [3.63, 3.8) is 0 Å². The molecule has 2 amide bonds. The van der Waals surface area contributed by atoms with Crippen molar-refractivity contribution < 1.29 is 14.5 Å². The molecule has 2 N–H and O–H groups in total. The Bertz CT molecular complexity index is 802. The summed E-state index contributed by atoms with van der Waals surface area (Å²) >= 11 is 1.39. The summed E-state index contributed by atoms with van der Waals surface area (Å²) in [6.45, 7) is 8.14. The fourth-order valence-electron chi connectivity index (χ4n) is 2.89. The molecule has 0 saturated carbocycles. The zero-order valence-electron chi connectivity index (χ0n) is 17.8. The fraction of sp³-hybridized carbons (Fsp3) is 0.391. The second-order valence-electron chi connectivity index (χ2n) is 7.21. The van der Waals surface area contributed by atoms with Gasteiger partial charge in [-0.25, -0.2) is 0 Å². The van der Waals surface area contributed by atoms with E-state index in [1.165, 1.54) is 17.3 Å². The van der Waals surface area contributed by atoms with E-state index in [2.05, 4.69) is 43.4 Å². The summed E-state index contributed by atoms with van der Waals surface area (Å²) in [5, 5.41) is 3.00. The Balaban J connectivity index is 1.94. The molecule has 0 unspecified atom stereocenters. The number of amides is 2. The van der Waals surface area contributed by atoms with Crippen molar-refractivity contribution in [2.24, 2.45) is 0 Å². The number of hydrogen-bond donors (Lipinski definition) is 2. The Labute approximate surface area is 178 Å². The van der Waals surface area contributed by atoms with Crippen LogP contribution in [0.1, 0.15) is 35.3 Å². The predicted molar refractivity (Wildman–Crippen MR) is 119 cm³/mol. The molecule has 0 spiro atoms. The largest absolute Gasteiger partial charge is 0.348 e. The van der Waals surface area contributed by atoms with Gasteiger partial charge in [-0.15, -0.1) is 11.8 Å². The van der Waals surface area contributed by atoms with Crippen molar-refractivity contribution >= 4 is 23.6 Å². The molecule has 6 heteroatoms. The molecule has 2 rings (SSSR count). The predicted octanol–water partition coefficient (Wildman–Crippen LogP) is 2.22. The monoisotopic (exact) mass is 414 g/mol. The third kappa shape index (κ3) is 7.22. The highest BCUT2D eigenvalue weighted by Gasteiger charge is 2.13. The maximum atomic E-state index is 12.7. The zero-order valence-corrected chi connectivity index (χ0v) is 18.6. The first kappa shape index (κ1) is 23.0. The molecule has 0 radical (unpaired) electrons. The van der Waals surface area contributed by atoms with Crippen LogP contribution in [0.25, 0.3) is 0 Å². The van der Waals surface area contributed by atoms with Crippen molar-refractivity contribution in [1.82, 2.24) is 10.2 Å². The number of nitrogens with zero attached hydrogens (tertiary/aromatic N) is 1. The van der Waals surface area contributed by atoms with Gasteiger partial charge in [0.25, 0.3) is 5.91 Å². The Hall–Kier alpha value is -2.31. The lowest BCUT2D eigenvalue weighted by atomic mass is 10.1. The van der Waals surface area contributed by atoms with Gasteiger partial charge in [-0.2, -0.15) is 0 Å². The highest BCUT2D eigenvalue weighted by Crippen LogP contribution is 2.23. The molecule has 0 bridgehead atoms. The lowest BCUT2D eigenvalue weighted by Crippen LogP contribution is -3.10. The van der Waals surface area contributed by atoms with Crippen LogP contribution in [0.4, 0.5) is 0 Å². The summed E-state index contributed by atoms with van der Waals surface area (Å²) in [7, 11) is 3.46. The molecule has 0 aliphatic carbocycles. The number of hydrogen-bond acceptors (Lipinski definition) is 3. The summed E-state index contributed by atoms with van der Waals surface area (Å²) in [6, 6.07) is 15.9. The second-order valence-corrected chi connectivity index (χ2v) is 8.22. The van der Waals surface area contributed by atoms with Gasteiger partial charge in [0.05, 0.1) is 24.4 Å². The highest BCUT2D eigenvalue weighted by atomic mass is 32.2.